The summed E-state index contributed by atoms with van der Waals surface area (Å²) in [6.45, 7) is 1.96. The minimum atomic E-state index is -1.37. The highest BCUT2D eigenvalue weighted by Crippen LogP contribution is 2.30. The summed E-state index contributed by atoms with van der Waals surface area (Å²) in [4.78, 5) is 12.5. The SMILES string of the molecule is C#Cc1ccc(CC(C#N)(C(=O)OCC)c2ccccc2)cc1. The Morgan fingerprint density at radius 2 is 1.83 bits per heavy atom. The second kappa shape index (κ2) is 7.29. The van der Waals surface area contributed by atoms with Crippen molar-refractivity contribution in [3.05, 3.63) is 71.3 Å². The van der Waals surface area contributed by atoms with E-state index in [1.54, 1.807) is 31.2 Å². The van der Waals surface area contributed by atoms with E-state index in [2.05, 4.69) is 12.0 Å². The van der Waals surface area contributed by atoms with Gasteiger partial charge in [0.05, 0.1) is 12.7 Å². The lowest BCUT2D eigenvalue weighted by molar-refractivity contribution is -0.147. The maximum absolute atomic E-state index is 12.5. The lowest BCUT2D eigenvalue weighted by atomic mass is 9.76. The first kappa shape index (κ1) is 16.3. The minimum absolute atomic E-state index is 0.227. The molecule has 114 valence electrons. The molecule has 0 bridgehead atoms. The van der Waals surface area contributed by atoms with Crippen molar-refractivity contribution < 1.29 is 9.53 Å². The highest BCUT2D eigenvalue weighted by atomic mass is 16.5. The summed E-state index contributed by atoms with van der Waals surface area (Å²) in [5.74, 6) is 2.02. The van der Waals surface area contributed by atoms with Gasteiger partial charge >= 0.3 is 5.97 Å². The van der Waals surface area contributed by atoms with Crippen LogP contribution in [0.1, 0.15) is 23.6 Å². The fraction of sp³-hybridized carbons (Fsp3) is 0.200. The summed E-state index contributed by atoms with van der Waals surface area (Å²) in [5.41, 5.74) is 0.867. The third-order valence-electron chi connectivity index (χ3n) is 3.67. The number of rotatable bonds is 5. The predicted molar refractivity (Wildman–Crippen MR) is 88.4 cm³/mol. The van der Waals surface area contributed by atoms with Gasteiger partial charge in [0.15, 0.2) is 5.41 Å². The Hall–Kier alpha value is -3.04. The molecule has 2 aromatic rings. The zero-order valence-corrected chi connectivity index (χ0v) is 13.0. The molecule has 0 amide bonds. The van der Waals surface area contributed by atoms with Crippen LogP contribution < -0.4 is 0 Å². The number of esters is 1. The quantitative estimate of drug-likeness (QED) is 0.629. The van der Waals surface area contributed by atoms with Gasteiger partial charge in [-0.1, -0.05) is 48.4 Å². The molecule has 0 spiro atoms. The van der Waals surface area contributed by atoms with Crippen LogP contribution >= 0.6 is 0 Å². The number of nitrogens with zero attached hydrogens (tertiary/aromatic N) is 1. The van der Waals surface area contributed by atoms with E-state index in [1.165, 1.54) is 0 Å². The van der Waals surface area contributed by atoms with Gasteiger partial charge < -0.3 is 4.74 Å². The number of ether oxygens (including phenoxy) is 1. The molecule has 3 nitrogen and oxygen atoms in total. The molecule has 1 atom stereocenters. The van der Waals surface area contributed by atoms with Crippen LogP contribution in [-0.4, -0.2) is 12.6 Å². The van der Waals surface area contributed by atoms with Crippen LogP contribution in [0.25, 0.3) is 0 Å². The molecule has 1 unspecified atom stereocenters. The lowest BCUT2D eigenvalue weighted by Gasteiger charge is -2.25. The molecule has 2 rings (SSSR count). The minimum Gasteiger partial charge on any atom is -0.465 e. The van der Waals surface area contributed by atoms with Gasteiger partial charge in [-0.25, -0.2) is 4.79 Å². The zero-order valence-electron chi connectivity index (χ0n) is 13.0. The van der Waals surface area contributed by atoms with Crippen molar-refractivity contribution >= 4 is 5.97 Å². The standard InChI is InChI=1S/C20H17NO2/c1-3-16-10-12-17(13-11-16)14-20(15-21,19(22)23-4-2)18-8-6-5-7-9-18/h1,5-13H,4,14H2,2H3. The van der Waals surface area contributed by atoms with Gasteiger partial charge in [0.1, 0.15) is 0 Å². The van der Waals surface area contributed by atoms with E-state index in [1.807, 2.05) is 30.3 Å². The van der Waals surface area contributed by atoms with E-state index in [4.69, 9.17) is 11.2 Å². The van der Waals surface area contributed by atoms with Gasteiger partial charge in [-0.05, 0) is 30.2 Å². The average Bonchev–Trinajstić information content (AvgIpc) is 2.61. The third kappa shape index (κ3) is 3.42. The molecule has 23 heavy (non-hydrogen) atoms. The normalized spacial score (nSPS) is 12.5. The molecule has 0 saturated carbocycles. The number of terminal acetylenes is 1. The van der Waals surface area contributed by atoms with Crippen molar-refractivity contribution in [1.82, 2.24) is 0 Å². The molecule has 0 aliphatic rings. The van der Waals surface area contributed by atoms with Crippen LogP contribution in [0.5, 0.6) is 0 Å². The molecule has 0 saturated heterocycles. The maximum atomic E-state index is 12.5. The van der Waals surface area contributed by atoms with Crippen molar-refractivity contribution in [3.8, 4) is 18.4 Å². The fourth-order valence-electron chi connectivity index (χ4n) is 2.44. The van der Waals surface area contributed by atoms with Gasteiger partial charge in [-0.2, -0.15) is 5.26 Å². The van der Waals surface area contributed by atoms with Crippen LogP contribution in [0.4, 0.5) is 0 Å². The van der Waals surface area contributed by atoms with Gasteiger partial charge in [0, 0.05) is 12.0 Å². The summed E-state index contributed by atoms with van der Waals surface area (Å²) in [5, 5.41) is 9.81. The summed E-state index contributed by atoms with van der Waals surface area (Å²) in [6.07, 6.45) is 5.59. The first-order chi connectivity index (χ1) is 11.2. The van der Waals surface area contributed by atoms with Gasteiger partial charge in [0.2, 0.25) is 0 Å². The maximum Gasteiger partial charge on any atom is 0.331 e. The number of hydrogen-bond donors (Lipinski definition) is 0. The summed E-state index contributed by atoms with van der Waals surface area (Å²) >= 11 is 0. The fourth-order valence-corrected chi connectivity index (χ4v) is 2.44. The predicted octanol–water partition coefficient (Wildman–Crippen LogP) is 3.24. The smallest absolute Gasteiger partial charge is 0.331 e. The first-order valence-corrected chi connectivity index (χ1v) is 7.36. The monoisotopic (exact) mass is 303 g/mol. The number of hydrogen-bond acceptors (Lipinski definition) is 3. The second-order valence-corrected chi connectivity index (χ2v) is 5.12. The molecule has 0 aliphatic carbocycles. The number of carbonyl (C=O) groups is 1. The van der Waals surface area contributed by atoms with E-state index < -0.39 is 11.4 Å². The Bertz CT molecular complexity index is 751. The van der Waals surface area contributed by atoms with E-state index in [-0.39, 0.29) is 13.0 Å². The lowest BCUT2D eigenvalue weighted by Crippen LogP contribution is -2.38. The molecule has 0 fully saturated rings. The third-order valence-corrected chi connectivity index (χ3v) is 3.67. The molecule has 0 aliphatic heterocycles. The molecule has 2 aromatic carbocycles. The van der Waals surface area contributed by atoms with E-state index in [9.17, 15) is 10.1 Å². The number of carbonyl (C=O) groups excluding carboxylic acids is 1. The van der Waals surface area contributed by atoms with Gasteiger partial charge in [0.25, 0.3) is 0 Å². The van der Waals surface area contributed by atoms with Crippen molar-refractivity contribution in [2.24, 2.45) is 0 Å². The summed E-state index contributed by atoms with van der Waals surface area (Å²) in [6, 6.07) is 18.5. The van der Waals surface area contributed by atoms with Gasteiger partial charge in [-0.15, -0.1) is 6.42 Å². The van der Waals surface area contributed by atoms with E-state index in [0.717, 1.165) is 11.1 Å². The zero-order chi connectivity index (χ0) is 16.7. The Balaban J connectivity index is 2.46. The van der Waals surface area contributed by atoms with Crippen LogP contribution in [0.3, 0.4) is 0 Å². The first-order valence-electron chi connectivity index (χ1n) is 7.36. The molecule has 0 N–H and O–H groups in total. The van der Waals surface area contributed by atoms with Crippen LogP contribution in [0, 0.1) is 23.7 Å². The highest BCUT2D eigenvalue weighted by molar-refractivity contribution is 5.87. The van der Waals surface area contributed by atoms with Crippen molar-refractivity contribution in [2.75, 3.05) is 6.61 Å². The second-order valence-electron chi connectivity index (χ2n) is 5.12. The number of benzene rings is 2. The molecule has 3 heteroatoms. The molecular weight excluding hydrogens is 286 g/mol. The van der Waals surface area contributed by atoms with Crippen molar-refractivity contribution in [1.29, 1.82) is 5.26 Å². The topological polar surface area (TPSA) is 50.1 Å². The van der Waals surface area contributed by atoms with Crippen molar-refractivity contribution in [3.63, 3.8) is 0 Å². The molecule has 0 heterocycles. The highest BCUT2D eigenvalue weighted by Gasteiger charge is 2.42. The van der Waals surface area contributed by atoms with Crippen LogP contribution in [0.15, 0.2) is 54.6 Å². The number of nitriles is 1. The Morgan fingerprint density at radius 3 is 2.35 bits per heavy atom. The Labute approximate surface area is 136 Å². The van der Waals surface area contributed by atoms with E-state index in [0.29, 0.717) is 5.56 Å². The Kier molecular flexibility index (Phi) is 5.18. The molecule has 0 radical (unpaired) electrons. The van der Waals surface area contributed by atoms with E-state index >= 15 is 0 Å². The summed E-state index contributed by atoms with van der Waals surface area (Å²) < 4.78 is 5.18. The average molecular weight is 303 g/mol. The summed E-state index contributed by atoms with van der Waals surface area (Å²) in [7, 11) is 0. The Morgan fingerprint density at radius 1 is 1.17 bits per heavy atom. The van der Waals surface area contributed by atoms with Crippen LogP contribution in [0.2, 0.25) is 0 Å². The largest absolute Gasteiger partial charge is 0.465 e. The van der Waals surface area contributed by atoms with Gasteiger partial charge in [-0.3, -0.25) is 0 Å². The molecular formula is C20H17NO2. The molecule has 0 aromatic heterocycles. The van der Waals surface area contributed by atoms with Crippen molar-refractivity contribution in [2.45, 2.75) is 18.8 Å². The van der Waals surface area contributed by atoms with Crippen LogP contribution in [-0.2, 0) is 21.4 Å².